The van der Waals surface area contributed by atoms with Gasteiger partial charge in [0.1, 0.15) is 22.5 Å². The molecule has 0 radical (unpaired) electrons. The Labute approximate surface area is 209 Å². The van der Waals surface area contributed by atoms with Gasteiger partial charge in [0.05, 0.1) is 18.2 Å². The maximum Gasteiger partial charge on any atom is 0.248 e. The van der Waals surface area contributed by atoms with Gasteiger partial charge >= 0.3 is 0 Å². The van der Waals surface area contributed by atoms with E-state index in [1.165, 1.54) is 0 Å². The minimum absolute atomic E-state index is 0.353. The SMILES string of the molecule is CCOc1c(Br)c(-c2ccc(C(N)=O)cc2)nn1CCOc1ccc(-c2cccs2)cc1Cl. The third-order valence-corrected chi connectivity index (χ3v) is 6.80. The molecule has 0 bridgehead atoms. The van der Waals surface area contributed by atoms with E-state index in [4.69, 9.17) is 31.9 Å². The minimum atomic E-state index is -0.472. The summed E-state index contributed by atoms with van der Waals surface area (Å²) in [5.74, 6) is 0.748. The van der Waals surface area contributed by atoms with Gasteiger partial charge in [-0.2, -0.15) is 5.10 Å². The molecule has 2 N–H and O–H groups in total. The minimum Gasteiger partial charge on any atom is -0.490 e. The van der Waals surface area contributed by atoms with Gasteiger partial charge in [-0.3, -0.25) is 4.79 Å². The third kappa shape index (κ3) is 5.24. The smallest absolute Gasteiger partial charge is 0.248 e. The third-order valence-electron chi connectivity index (χ3n) is 4.87. The van der Waals surface area contributed by atoms with Crippen molar-refractivity contribution < 1.29 is 14.3 Å². The predicted octanol–water partition coefficient (Wildman–Crippen LogP) is 6.27. The van der Waals surface area contributed by atoms with Crippen LogP contribution in [-0.2, 0) is 6.54 Å². The summed E-state index contributed by atoms with van der Waals surface area (Å²) in [7, 11) is 0. The molecule has 2 aromatic heterocycles. The van der Waals surface area contributed by atoms with Crippen LogP contribution in [0.15, 0.2) is 64.5 Å². The summed E-state index contributed by atoms with van der Waals surface area (Å²) in [6, 6.07) is 16.8. The van der Waals surface area contributed by atoms with Gasteiger partial charge in [0.2, 0.25) is 11.8 Å². The van der Waals surface area contributed by atoms with E-state index in [-0.39, 0.29) is 0 Å². The summed E-state index contributed by atoms with van der Waals surface area (Å²) in [6.07, 6.45) is 0. The number of rotatable bonds is 9. The van der Waals surface area contributed by atoms with E-state index in [2.05, 4.69) is 22.0 Å². The first-order chi connectivity index (χ1) is 16.0. The molecular weight excluding hydrogens is 526 g/mol. The number of halogens is 2. The van der Waals surface area contributed by atoms with Crippen LogP contribution in [0.2, 0.25) is 5.02 Å². The normalized spacial score (nSPS) is 10.9. The molecule has 4 aromatic rings. The van der Waals surface area contributed by atoms with Crippen molar-refractivity contribution in [3.8, 4) is 33.3 Å². The molecule has 0 spiro atoms. The number of hydrogen-bond donors (Lipinski definition) is 1. The van der Waals surface area contributed by atoms with Crippen molar-refractivity contribution in [3.05, 3.63) is 75.0 Å². The summed E-state index contributed by atoms with van der Waals surface area (Å²) in [4.78, 5) is 12.5. The maximum atomic E-state index is 11.3. The van der Waals surface area contributed by atoms with E-state index in [0.717, 1.165) is 20.5 Å². The molecule has 0 fully saturated rings. The van der Waals surface area contributed by atoms with Gasteiger partial charge in [-0.25, -0.2) is 4.68 Å². The lowest BCUT2D eigenvalue weighted by Crippen LogP contribution is -2.12. The highest BCUT2D eigenvalue weighted by atomic mass is 79.9. The Kier molecular flexibility index (Phi) is 7.37. The number of carbonyl (C=O) groups excluding carboxylic acids is 1. The zero-order chi connectivity index (χ0) is 23.4. The number of hydrogen-bond acceptors (Lipinski definition) is 5. The molecule has 0 aliphatic carbocycles. The Morgan fingerprint density at radius 1 is 1.15 bits per heavy atom. The quantitative estimate of drug-likeness (QED) is 0.268. The fraction of sp³-hybridized carbons (Fsp3) is 0.167. The fourth-order valence-electron chi connectivity index (χ4n) is 3.28. The van der Waals surface area contributed by atoms with Gasteiger partial charge in [-0.15, -0.1) is 11.3 Å². The second-order valence-electron chi connectivity index (χ2n) is 7.04. The highest BCUT2D eigenvalue weighted by Gasteiger charge is 2.19. The molecule has 0 saturated heterocycles. The second-order valence-corrected chi connectivity index (χ2v) is 9.18. The molecule has 0 aliphatic heterocycles. The lowest BCUT2D eigenvalue weighted by atomic mass is 10.1. The van der Waals surface area contributed by atoms with Crippen LogP contribution in [0.25, 0.3) is 21.7 Å². The first-order valence-electron chi connectivity index (χ1n) is 10.2. The van der Waals surface area contributed by atoms with Crippen LogP contribution in [0.3, 0.4) is 0 Å². The van der Waals surface area contributed by atoms with E-state index in [0.29, 0.717) is 47.7 Å². The standard InChI is InChI=1S/C24H21BrClN3O3S/c1-2-31-24-21(25)22(15-5-7-16(8-6-15)23(27)30)28-29(24)11-12-32-19-10-9-17(14-18(19)26)20-4-3-13-33-20/h3-10,13-14H,2,11-12H2,1H3,(H2,27,30). The molecule has 0 saturated carbocycles. The average molecular weight is 547 g/mol. The van der Waals surface area contributed by atoms with Gasteiger partial charge in [0.15, 0.2) is 0 Å². The van der Waals surface area contributed by atoms with Crippen LogP contribution in [-0.4, -0.2) is 28.9 Å². The number of nitrogens with two attached hydrogens (primary N) is 1. The van der Waals surface area contributed by atoms with Crippen molar-refractivity contribution >= 4 is 44.8 Å². The maximum absolute atomic E-state index is 11.3. The van der Waals surface area contributed by atoms with E-state index in [1.807, 2.05) is 36.6 Å². The van der Waals surface area contributed by atoms with Gasteiger partial charge < -0.3 is 15.2 Å². The van der Waals surface area contributed by atoms with Crippen LogP contribution in [0.1, 0.15) is 17.3 Å². The number of aromatic nitrogens is 2. The summed E-state index contributed by atoms with van der Waals surface area (Å²) in [6.45, 7) is 3.21. The molecule has 0 unspecified atom stereocenters. The van der Waals surface area contributed by atoms with Crippen LogP contribution in [0, 0.1) is 0 Å². The van der Waals surface area contributed by atoms with Gasteiger partial charge in [0, 0.05) is 16.0 Å². The number of nitrogens with zero attached hydrogens (tertiary/aromatic N) is 2. The number of carbonyl (C=O) groups is 1. The van der Waals surface area contributed by atoms with Crippen molar-refractivity contribution in [2.24, 2.45) is 5.73 Å². The van der Waals surface area contributed by atoms with Crippen molar-refractivity contribution in [1.82, 2.24) is 9.78 Å². The van der Waals surface area contributed by atoms with Crippen molar-refractivity contribution in [3.63, 3.8) is 0 Å². The zero-order valence-electron chi connectivity index (χ0n) is 17.8. The Morgan fingerprint density at radius 2 is 1.91 bits per heavy atom. The molecule has 1 amide bonds. The highest BCUT2D eigenvalue weighted by molar-refractivity contribution is 9.10. The molecule has 170 valence electrons. The largest absolute Gasteiger partial charge is 0.490 e. The van der Waals surface area contributed by atoms with Crippen LogP contribution >= 0.6 is 38.9 Å². The molecule has 0 atom stereocenters. The molecule has 0 aliphatic rings. The summed E-state index contributed by atoms with van der Waals surface area (Å²) in [5, 5.41) is 7.28. The first-order valence-corrected chi connectivity index (χ1v) is 12.3. The Morgan fingerprint density at radius 3 is 2.55 bits per heavy atom. The number of benzene rings is 2. The molecule has 6 nitrogen and oxygen atoms in total. The van der Waals surface area contributed by atoms with E-state index in [1.54, 1.807) is 40.3 Å². The summed E-state index contributed by atoms with van der Waals surface area (Å²) in [5.41, 5.74) is 8.37. The Balaban J connectivity index is 1.50. The van der Waals surface area contributed by atoms with Crippen LogP contribution in [0.5, 0.6) is 11.6 Å². The predicted molar refractivity (Wildman–Crippen MR) is 135 cm³/mol. The monoisotopic (exact) mass is 545 g/mol. The number of primary amides is 1. The number of ether oxygens (including phenoxy) is 2. The lowest BCUT2D eigenvalue weighted by Gasteiger charge is -2.11. The number of amides is 1. The first kappa shape index (κ1) is 23.4. The van der Waals surface area contributed by atoms with Crippen LogP contribution < -0.4 is 15.2 Å². The zero-order valence-corrected chi connectivity index (χ0v) is 20.9. The highest BCUT2D eigenvalue weighted by Crippen LogP contribution is 2.36. The van der Waals surface area contributed by atoms with Gasteiger partial charge in [0.25, 0.3) is 0 Å². The topological polar surface area (TPSA) is 79.4 Å². The van der Waals surface area contributed by atoms with E-state index in [9.17, 15) is 4.79 Å². The van der Waals surface area contributed by atoms with Crippen LogP contribution in [0.4, 0.5) is 0 Å². The second kappa shape index (κ2) is 10.4. The van der Waals surface area contributed by atoms with E-state index >= 15 is 0 Å². The van der Waals surface area contributed by atoms with Crippen molar-refractivity contribution in [1.29, 1.82) is 0 Å². The molecule has 9 heteroatoms. The molecular formula is C24H21BrClN3O3S. The lowest BCUT2D eigenvalue weighted by molar-refractivity contribution is 0.100. The van der Waals surface area contributed by atoms with Gasteiger partial charge in [-0.1, -0.05) is 29.8 Å². The van der Waals surface area contributed by atoms with Crippen molar-refractivity contribution in [2.45, 2.75) is 13.5 Å². The van der Waals surface area contributed by atoms with Crippen molar-refractivity contribution in [2.75, 3.05) is 13.2 Å². The fourth-order valence-corrected chi connectivity index (χ4v) is 4.87. The number of thiophene rings is 1. The molecule has 4 rings (SSSR count). The van der Waals surface area contributed by atoms with E-state index < -0.39 is 5.91 Å². The Bertz CT molecular complexity index is 1260. The van der Waals surface area contributed by atoms with Gasteiger partial charge in [-0.05, 0) is 70.2 Å². The average Bonchev–Trinajstić information content (AvgIpc) is 3.45. The molecule has 2 heterocycles. The summed E-state index contributed by atoms with van der Waals surface area (Å²) < 4.78 is 14.2. The molecule has 2 aromatic carbocycles. The summed E-state index contributed by atoms with van der Waals surface area (Å²) >= 11 is 11.7. The molecule has 33 heavy (non-hydrogen) atoms. The Hall–Kier alpha value is -2.81.